The average Bonchev–Trinajstić information content (AvgIpc) is 3.21. The van der Waals surface area contributed by atoms with E-state index in [-0.39, 0.29) is 11.9 Å². The summed E-state index contributed by atoms with van der Waals surface area (Å²) in [4.78, 5) is 14.0. The van der Waals surface area contributed by atoms with Crippen LogP contribution in [0.15, 0.2) is 84.0 Å². The van der Waals surface area contributed by atoms with Gasteiger partial charge in [-0.2, -0.15) is 5.10 Å². The van der Waals surface area contributed by atoms with Gasteiger partial charge in [-0.25, -0.2) is 0 Å². The molecule has 0 spiro atoms. The van der Waals surface area contributed by atoms with Crippen molar-refractivity contribution in [3.8, 4) is 11.5 Å². The number of ether oxygens (including phenoxy) is 1. The van der Waals surface area contributed by atoms with E-state index >= 15 is 0 Å². The first kappa shape index (κ1) is 23.5. The van der Waals surface area contributed by atoms with Gasteiger partial charge < -0.3 is 15.0 Å². The third-order valence-corrected chi connectivity index (χ3v) is 6.43. The van der Waals surface area contributed by atoms with Crippen molar-refractivity contribution in [3.63, 3.8) is 0 Å². The molecule has 0 aliphatic carbocycles. The molecule has 2 aromatic rings. The molecule has 0 saturated carbocycles. The molecule has 0 radical (unpaired) electrons. The molecule has 4 rings (SSSR count). The van der Waals surface area contributed by atoms with Crippen LogP contribution in [0, 0.1) is 11.3 Å². The van der Waals surface area contributed by atoms with Gasteiger partial charge in [0.2, 0.25) is 5.91 Å². The Balaban J connectivity index is 1.53. The number of rotatable bonds is 8. The Labute approximate surface area is 201 Å². The maximum absolute atomic E-state index is 12.1. The molecule has 2 heterocycles. The Morgan fingerprint density at radius 3 is 2.59 bits per heavy atom. The van der Waals surface area contributed by atoms with E-state index in [1.165, 1.54) is 12.3 Å². The quantitative estimate of drug-likeness (QED) is 0.434. The van der Waals surface area contributed by atoms with Gasteiger partial charge in [-0.1, -0.05) is 30.9 Å². The normalized spacial score (nSPS) is 21.3. The van der Waals surface area contributed by atoms with Crippen LogP contribution in [0.1, 0.15) is 31.7 Å². The smallest absolute Gasteiger partial charge is 0.245 e. The number of allylic oxidation sites excluding steroid dienone is 1. The molecule has 2 atom stereocenters. The van der Waals surface area contributed by atoms with E-state index in [0.717, 1.165) is 60.8 Å². The van der Waals surface area contributed by atoms with Crippen molar-refractivity contribution in [1.82, 2.24) is 9.91 Å². The first-order valence-corrected chi connectivity index (χ1v) is 11.9. The standard InChI is InChI=1S/C28H32N4O2/c1-3-25-26(16-17-29)32(20-21-9-8-18-31(19-21)27(33)4-2)30-28(25)22-12-14-24(15-13-22)34-23-10-6-5-7-11-23/h3-7,10-15,17,21,26,29H,2,8-9,16,18-20H2,1H3/b25-3+,29-17?. The van der Waals surface area contributed by atoms with Crippen molar-refractivity contribution >= 4 is 17.8 Å². The summed E-state index contributed by atoms with van der Waals surface area (Å²) in [7, 11) is 0. The molecule has 1 N–H and O–H groups in total. The van der Waals surface area contributed by atoms with Gasteiger partial charge in [0.15, 0.2) is 0 Å². The molecule has 1 fully saturated rings. The van der Waals surface area contributed by atoms with Gasteiger partial charge in [0, 0.05) is 37.2 Å². The number of para-hydroxylation sites is 1. The Morgan fingerprint density at radius 1 is 1.18 bits per heavy atom. The topological polar surface area (TPSA) is 69.0 Å². The van der Waals surface area contributed by atoms with Crippen molar-refractivity contribution in [3.05, 3.63) is 84.5 Å². The predicted octanol–water partition coefficient (Wildman–Crippen LogP) is 5.28. The van der Waals surface area contributed by atoms with Crippen LogP contribution in [0.2, 0.25) is 0 Å². The van der Waals surface area contributed by atoms with Crippen molar-refractivity contribution < 1.29 is 9.53 Å². The van der Waals surface area contributed by atoms with Crippen molar-refractivity contribution in [1.29, 1.82) is 5.41 Å². The lowest BCUT2D eigenvalue weighted by Crippen LogP contribution is -2.43. The summed E-state index contributed by atoms with van der Waals surface area (Å²) >= 11 is 0. The van der Waals surface area contributed by atoms with Crippen LogP contribution in [0.5, 0.6) is 11.5 Å². The van der Waals surface area contributed by atoms with Crippen LogP contribution in [0.25, 0.3) is 0 Å². The van der Waals surface area contributed by atoms with E-state index < -0.39 is 0 Å². The molecule has 6 nitrogen and oxygen atoms in total. The zero-order valence-electron chi connectivity index (χ0n) is 19.7. The van der Waals surface area contributed by atoms with Gasteiger partial charge in [-0.3, -0.25) is 9.80 Å². The Hall–Kier alpha value is -3.67. The summed E-state index contributed by atoms with van der Waals surface area (Å²) in [5.74, 6) is 1.92. The molecule has 1 amide bonds. The highest BCUT2D eigenvalue weighted by Crippen LogP contribution is 2.31. The second kappa shape index (κ2) is 11.0. The minimum atomic E-state index is -0.00157. The maximum atomic E-state index is 12.1. The van der Waals surface area contributed by atoms with Gasteiger partial charge in [-0.15, -0.1) is 0 Å². The zero-order chi connectivity index (χ0) is 23.9. The second-order valence-corrected chi connectivity index (χ2v) is 8.71. The molecular weight excluding hydrogens is 424 g/mol. The SMILES string of the molecule is C=CC(=O)N1CCCC(CN2N=C(c3ccc(Oc4ccccc4)cc3)/C(=C/C)C2CC=N)C1. The minimum absolute atomic E-state index is 0.00157. The molecule has 2 aliphatic rings. The van der Waals surface area contributed by atoms with Crippen molar-refractivity contribution in [2.24, 2.45) is 11.0 Å². The first-order chi connectivity index (χ1) is 16.6. The summed E-state index contributed by atoms with van der Waals surface area (Å²) in [6.07, 6.45) is 7.62. The van der Waals surface area contributed by atoms with Crippen molar-refractivity contribution in [2.75, 3.05) is 19.6 Å². The molecule has 34 heavy (non-hydrogen) atoms. The monoisotopic (exact) mass is 456 g/mol. The number of benzene rings is 2. The number of piperidine rings is 1. The highest BCUT2D eigenvalue weighted by molar-refractivity contribution is 6.14. The average molecular weight is 457 g/mol. The van der Waals surface area contributed by atoms with E-state index in [0.29, 0.717) is 12.3 Å². The van der Waals surface area contributed by atoms with Gasteiger partial charge in [-0.05, 0) is 74.4 Å². The highest BCUT2D eigenvalue weighted by Gasteiger charge is 2.34. The molecule has 176 valence electrons. The lowest BCUT2D eigenvalue weighted by molar-refractivity contribution is -0.127. The fourth-order valence-electron chi connectivity index (χ4n) is 4.77. The zero-order valence-corrected chi connectivity index (χ0v) is 19.7. The molecule has 2 aliphatic heterocycles. The molecular formula is C28H32N4O2. The molecule has 2 unspecified atom stereocenters. The van der Waals surface area contributed by atoms with Crippen LogP contribution in [0.4, 0.5) is 0 Å². The van der Waals surface area contributed by atoms with Crippen LogP contribution in [-0.4, -0.2) is 53.4 Å². The second-order valence-electron chi connectivity index (χ2n) is 8.71. The van der Waals surface area contributed by atoms with Crippen LogP contribution < -0.4 is 4.74 Å². The largest absolute Gasteiger partial charge is 0.457 e. The van der Waals surface area contributed by atoms with E-state index in [2.05, 4.69) is 17.7 Å². The number of hydrogen-bond acceptors (Lipinski definition) is 5. The summed E-state index contributed by atoms with van der Waals surface area (Å²) in [5.41, 5.74) is 3.10. The summed E-state index contributed by atoms with van der Waals surface area (Å²) in [5, 5.41) is 14.9. The Kier molecular flexibility index (Phi) is 7.58. The number of nitrogens with zero attached hydrogens (tertiary/aromatic N) is 3. The number of hydrazone groups is 1. The van der Waals surface area contributed by atoms with E-state index in [4.69, 9.17) is 15.2 Å². The number of amides is 1. The predicted molar refractivity (Wildman–Crippen MR) is 137 cm³/mol. The van der Waals surface area contributed by atoms with Gasteiger partial charge >= 0.3 is 0 Å². The number of nitrogens with one attached hydrogen (secondary N) is 1. The van der Waals surface area contributed by atoms with E-state index in [9.17, 15) is 4.79 Å². The maximum Gasteiger partial charge on any atom is 0.245 e. The number of likely N-dealkylation sites (tertiary alicyclic amines) is 1. The molecule has 1 saturated heterocycles. The minimum Gasteiger partial charge on any atom is -0.457 e. The van der Waals surface area contributed by atoms with Gasteiger partial charge in [0.05, 0.1) is 11.8 Å². The first-order valence-electron chi connectivity index (χ1n) is 11.9. The molecule has 0 bridgehead atoms. The summed E-state index contributed by atoms with van der Waals surface area (Å²) in [6.45, 7) is 7.93. The summed E-state index contributed by atoms with van der Waals surface area (Å²) < 4.78 is 5.94. The van der Waals surface area contributed by atoms with E-state index in [1.54, 1.807) is 0 Å². The van der Waals surface area contributed by atoms with Gasteiger partial charge in [0.1, 0.15) is 11.5 Å². The molecule has 2 aromatic carbocycles. The van der Waals surface area contributed by atoms with Crippen molar-refractivity contribution in [2.45, 2.75) is 32.2 Å². The van der Waals surface area contributed by atoms with Crippen LogP contribution >= 0.6 is 0 Å². The fourth-order valence-corrected chi connectivity index (χ4v) is 4.77. The third-order valence-electron chi connectivity index (χ3n) is 6.43. The fraction of sp³-hybridized carbons (Fsp3) is 0.321. The summed E-state index contributed by atoms with van der Waals surface area (Å²) in [6, 6.07) is 17.8. The van der Waals surface area contributed by atoms with Gasteiger partial charge in [0.25, 0.3) is 0 Å². The Morgan fingerprint density at radius 2 is 1.91 bits per heavy atom. The number of carbonyl (C=O) groups is 1. The van der Waals surface area contributed by atoms with E-state index in [1.807, 2.05) is 66.4 Å². The highest BCUT2D eigenvalue weighted by atomic mass is 16.5. The lowest BCUT2D eigenvalue weighted by Gasteiger charge is -2.35. The molecule has 0 aromatic heterocycles. The third kappa shape index (κ3) is 5.28. The molecule has 6 heteroatoms. The number of carbonyl (C=O) groups excluding carboxylic acids is 1. The lowest BCUT2D eigenvalue weighted by atomic mass is 9.94. The van der Waals surface area contributed by atoms with Crippen LogP contribution in [0.3, 0.4) is 0 Å². The Bertz CT molecular complexity index is 1080. The van der Waals surface area contributed by atoms with Crippen LogP contribution in [-0.2, 0) is 4.79 Å². The number of hydrogen-bond donors (Lipinski definition) is 1.